The van der Waals surface area contributed by atoms with Gasteiger partial charge in [0, 0.05) is 24.2 Å². The van der Waals surface area contributed by atoms with Crippen molar-refractivity contribution in [2.24, 2.45) is 0 Å². The second kappa shape index (κ2) is 5.44. The van der Waals surface area contributed by atoms with Crippen molar-refractivity contribution < 1.29 is 8.78 Å². The summed E-state index contributed by atoms with van der Waals surface area (Å²) in [6, 6.07) is 12.6. The highest BCUT2D eigenvalue weighted by Gasteiger charge is 2.33. The zero-order chi connectivity index (χ0) is 14.7. The predicted molar refractivity (Wildman–Crippen MR) is 75.8 cm³/mol. The summed E-state index contributed by atoms with van der Waals surface area (Å²) in [5, 5.41) is 0. The van der Waals surface area contributed by atoms with Gasteiger partial charge in [0.15, 0.2) is 0 Å². The quantitative estimate of drug-likeness (QED) is 0.731. The summed E-state index contributed by atoms with van der Waals surface area (Å²) in [5.74, 6) is -3.03. The number of pyridine rings is 1. The third-order valence-electron chi connectivity index (χ3n) is 3.19. The molecule has 3 nitrogen and oxygen atoms in total. The van der Waals surface area contributed by atoms with Crippen molar-refractivity contribution in [3.05, 3.63) is 73.1 Å². The lowest BCUT2D eigenvalue weighted by molar-refractivity contribution is -0.0265. The van der Waals surface area contributed by atoms with Crippen LogP contribution in [0.5, 0.6) is 0 Å². The van der Waals surface area contributed by atoms with Gasteiger partial charge in [-0.3, -0.25) is 4.98 Å². The molecular formula is C16H13F2N3. The third-order valence-corrected chi connectivity index (χ3v) is 3.19. The number of aromatic nitrogens is 3. The second-order valence-corrected chi connectivity index (χ2v) is 4.74. The maximum Gasteiger partial charge on any atom is 0.307 e. The number of alkyl halides is 2. The van der Waals surface area contributed by atoms with Crippen LogP contribution in [-0.4, -0.2) is 14.5 Å². The molecule has 0 aliphatic heterocycles. The van der Waals surface area contributed by atoms with Gasteiger partial charge in [-0.25, -0.2) is 4.98 Å². The van der Waals surface area contributed by atoms with Crippen LogP contribution in [-0.2, 0) is 12.5 Å². The molecule has 106 valence electrons. The van der Waals surface area contributed by atoms with Crippen LogP contribution in [0.1, 0.15) is 5.69 Å². The molecule has 0 saturated carbocycles. The van der Waals surface area contributed by atoms with E-state index in [1.165, 1.54) is 35.6 Å². The molecule has 0 saturated heterocycles. The largest absolute Gasteiger partial charge is 0.331 e. The Kier molecular flexibility index (Phi) is 3.48. The molecule has 0 aliphatic carbocycles. The van der Waals surface area contributed by atoms with Gasteiger partial charge < -0.3 is 4.57 Å². The van der Waals surface area contributed by atoms with E-state index in [9.17, 15) is 8.78 Å². The average Bonchev–Trinajstić information content (AvgIpc) is 3.00. The molecule has 3 rings (SSSR count). The zero-order valence-corrected chi connectivity index (χ0v) is 11.2. The topological polar surface area (TPSA) is 30.7 Å². The molecule has 0 N–H and O–H groups in total. The molecule has 2 heterocycles. The van der Waals surface area contributed by atoms with E-state index >= 15 is 0 Å². The van der Waals surface area contributed by atoms with Gasteiger partial charge in [-0.2, -0.15) is 8.78 Å². The number of hydrogen-bond acceptors (Lipinski definition) is 2. The van der Waals surface area contributed by atoms with Crippen LogP contribution in [0, 0.1) is 0 Å². The van der Waals surface area contributed by atoms with Crippen LogP contribution in [0.4, 0.5) is 8.78 Å². The Morgan fingerprint density at radius 3 is 2.43 bits per heavy atom. The summed E-state index contributed by atoms with van der Waals surface area (Å²) in [6.07, 6.45) is 5.83. The van der Waals surface area contributed by atoms with E-state index in [1.54, 1.807) is 6.07 Å². The third kappa shape index (κ3) is 2.97. The lowest BCUT2D eigenvalue weighted by Gasteiger charge is -2.16. The first-order chi connectivity index (χ1) is 10.1. The highest BCUT2D eigenvalue weighted by molar-refractivity contribution is 5.62. The minimum atomic E-state index is -3.03. The fraction of sp³-hybridized carbons (Fsp3) is 0.125. The summed E-state index contributed by atoms with van der Waals surface area (Å²) < 4.78 is 29.6. The first-order valence-corrected chi connectivity index (χ1v) is 6.51. The van der Waals surface area contributed by atoms with Gasteiger partial charge in [-0.05, 0) is 11.6 Å². The van der Waals surface area contributed by atoms with E-state index < -0.39 is 12.5 Å². The van der Waals surface area contributed by atoms with E-state index in [0.717, 1.165) is 11.1 Å². The number of halogens is 2. The molecule has 0 atom stereocenters. The van der Waals surface area contributed by atoms with Crippen LogP contribution >= 0.6 is 0 Å². The molecule has 0 unspecified atom stereocenters. The Labute approximate surface area is 120 Å². The predicted octanol–water partition coefficient (Wildman–Crippen LogP) is 3.74. The maximum atomic E-state index is 14.1. The van der Waals surface area contributed by atoms with Crippen molar-refractivity contribution in [3.63, 3.8) is 0 Å². The van der Waals surface area contributed by atoms with Crippen molar-refractivity contribution in [2.75, 3.05) is 0 Å². The van der Waals surface area contributed by atoms with E-state index in [1.807, 2.05) is 30.3 Å². The van der Waals surface area contributed by atoms with Crippen molar-refractivity contribution in [1.82, 2.24) is 14.5 Å². The second-order valence-electron chi connectivity index (χ2n) is 4.74. The Balaban J connectivity index is 1.83. The normalized spacial score (nSPS) is 11.5. The van der Waals surface area contributed by atoms with E-state index in [-0.39, 0.29) is 5.69 Å². The molecule has 21 heavy (non-hydrogen) atoms. The number of imidazole rings is 1. The van der Waals surface area contributed by atoms with Gasteiger partial charge in [0.1, 0.15) is 5.69 Å². The van der Waals surface area contributed by atoms with Gasteiger partial charge in [0.25, 0.3) is 0 Å². The molecule has 0 amide bonds. The molecular weight excluding hydrogens is 272 g/mol. The SMILES string of the molecule is FC(F)(Cn1ccnc1)c1ccc(-c2ccccc2)cn1. The molecule has 0 aliphatic rings. The molecule has 5 heteroatoms. The molecule has 0 spiro atoms. The Bertz CT molecular complexity index is 692. The van der Waals surface area contributed by atoms with E-state index in [0.29, 0.717) is 0 Å². The maximum absolute atomic E-state index is 14.1. The lowest BCUT2D eigenvalue weighted by Crippen LogP contribution is -2.22. The summed E-state index contributed by atoms with van der Waals surface area (Å²) in [5.41, 5.74) is 1.53. The van der Waals surface area contributed by atoms with E-state index in [4.69, 9.17) is 0 Å². The van der Waals surface area contributed by atoms with Gasteiger partial charge in [-0.1, -0.05) is 36.4 Å². The number of hydrogen-bond donors (Lipinski definition) is 0. The minimum Gasteiger partial charge on any atom is -0.331 e. The summed E-state index contributed by atoms with van der Waals surface area (Å²) in [7, 11) is 0. The number of rotatable bonds is 4. The Morgan fingerprint density at radius 2 is 1.81 bits per heavy atom. The highest BCUT2D eigenvalue weighted by atomic mass is 19.3. The monoisotopic (exact) mass is 285 g/mol. The van der Waals surface area contributed by atoms with Crippen molar-refractivity contribution in [2.45, 2.75) is 12.5 Å². The molecule has 2 aromatic heterocycles. The summed E-state index contributed by atoms with van der Waals surface area (Å²) >= 11 is 0. The standard InChI is InChI=1S/C16H13F2N3/c17-16(18,11-21-9-8-19-12-21)15-7-6-14(10-20-15)13-4-2-1-3-5-13/h1-10,12H,11H2. The van der Waals surface area contributed by atoms with Gasteiger partial charge >= 0.3 is 5.92 Å². The fourth-order valence-electron chi connectivity index (χ4n) is 2.10. The summed E-state index contributed by atoms with van der Waals surface area (Å²) in [4.78, 5) is 7.69. The molecule has 0 fully saturated rings. The van der Waals surface area contributed by atoms with E-state index in [2.05, 4.69) is 9.97 Å². The first kappa shape index (κ1) is 13.4. The number of nitrogens with zero attached hydrogens (tertiary/aromatic N) is 3. The number of benzene rings is 1. The van der Waals surface area contributed by atoms with Crippen LogP contribution in [0.2, 0.25) is 0 Å². The Morgan fingerprint density at radius 1 is 1.00 bits per heavy atom. The first-order valence-electron chi connectivity index (χ1n) is 6.51. The molecule has 0 radical (unpaired) electrons. The highest BCUT2D eigenvalue weighted by Crippen LogP contribution is 2.29. The Hall–Kier alpha value is -2.56. The average molecular weight is 285 g/mol. The summed E-state index contributed by atoms with van der Waals surface area (Å²) in [6.45, 7) is -0.468. The molecule has 0 bridgehead atoms. The molecule has 1 aromatic carbocycles. The zero-order valence-electron chi connectivity index (χ0n) is 11.2. The van der Waals surface area contributed by atoms with Gasteiger partial charge in [0.05, 0.1) is 12.9 Å². The van der Waals surface area contributed by atoms with Crippen LogP contribution in [0.3, 0.4) is 0 Å². The fourth-order valence-corrected chi connectivity index (χ4v) is 2.10. The van der Waals surface area contributed by atoms with Gasteiger partial charge in [0.2, 0.25) is 0 Å². The van der Waals surface area contributed by atoms with Gasteiger partial charge in [-0.15, -0.1) is 0 Å². The molecule has 3 aromatic rings. The smallest absolute Gasteiger partial charge is 0.307 e. The lowest BCUT2D eigenvalue weighted by atomic mass is 10.1. The van der Waals surface area contributed by atoms with Crippen molar-refractivity contribution >= 4 is 0 Å². The minimum absolute atomic E-state index is 0.240. The van der Waals surface area contributed by atoms with Crippen molar-refractivity contribution in [1.29, 1.82) is 0 Å². The van der Waals surface area contributed by atoms with Crippen molar-refractivity contribution in [3.8, 4) is 11.1 Å². The van der Waals surface area contributed by atoms with Crippen LogP contribution in [0.25, 0.3) is 11.1 Å². The van der Waals surface area contributed by atoms with Crippen LogP contribution in [0.15, 0.2) is 67.4 Å². The van der Waals surface area contributed by atoms with Crippen LogP contribution < -0.4 is 0 Å².